The quantitative estimate of drug-likeness (QED) is 0.434. The van der Waals surface area contributed by atoms with Gasteiger partial charge in [-0.05, 0) is 31.2 Å². The van der Waals surface area contributed by atoms with Crippen molar-refractivity contribution in [3.63, 3.8) is 0 Å². The maximum absolute atomic E-state index is 12.3. The average molecular weight is 413 g/mol. The molecule has 0 bridgehead atoms. The second kappa shape index (κ2) is 8.70. The molecule has 0 aliphatic carbocycles. The van der Waals surface area contributed by atoms with Gasteiger partial charge in [-0.25, -0.2) is 4.79 Å². The zero-order valence-corrected chi connectivity index (χ0v) is 15.7. The lowest BCUT2D eigenvalue weighted by Crippen LogP contribution is -2.30. The van der Waals surface area contributed by atoms with Crippen molar-refractivity contribution >= 4 is 46.5 Å². The largest absolute Gasteiger partial charge is 0.496 e. The molecule has 0 saturated carbocycles. The van der Waals surface area contributed by atoms with E-state index >= 15 is 0 Å². The van der Waals surface area contributed by atoms with Gasteiger partial charge in [0.2, 0.25) is 0 Å². The van der Waals surface area contributed by atoms with Gasteiger partial charge in [-0.2, -0.15) is 0 Å². The summed E-state index contributed by atoms with van der Waals surface area (Å²) >= 11 is 11.8. The molecule has 142 valence electrons. The number of ether oxygens (including phenoxy) is 2. The standard InChI is InChI=1S/C17H14Cl2N2O6/c1-9(16(22)20-14-7-10(18)3-5-13(14)19)27-17(23)12-8-11(21(24)25)4-6-15(12)26-2/h3-9H,1-2H3,(H,20,22)/t9-/m1/s1. The molecule has 2 rings (SSSR count). The molecule has 1 atom stereocenters. The average Bonchev–Trinajstić information content (AvgIpc) is 2.63. The maximum atomic E-state index is 12.3. The third kappa shape index (κ3) is 5.08. The second-order valence-corrected chi connectivity index (χ2v) is 6.15. The van der Waals surface area contributed by atoms with E-state index in [1.54, 1.807) is 6.07 Å². The molecule has 2 aromatic rings. The van der Waals surface area contributed by atoms with Crippen LogP contribution in [0.1, 0.15) is 17.3 Å². The normalized spacial score (nSPS) is 11.4. The molecule has 0 aliphatic heterocycles. The number of rotatable bonds is 6. The van der Waals surface area contributed by atoms with Gasteiger partial charge in [-0.1, -0.05) is 23.2 Å². The lowest BCUT2D eigenvalue weighted by molar-refractivity contribution is -0.384. The summed E-state index contributed by atoms with van der Waals surface area (Å²) in [5, 5.41) is 14.0. The number of non-ortho nitro benzene ring substituents is 1. The molecular formula is C17H14Cl2N2O6. The molecular weight excluding hydrogens is 399 g/mol. The van der Waals surface area contributed by atoms with Crippen molar-refractivity contribution in [1.29, 1.82) is 0 Å². The summed E-state index contributed by atoms with van der Waals surface area (Å²) in [5.41, 5.74) is -0.234. The summed E-state index contributed by atoms with van der Waals surface area (Å²) in [5.74, 6) is -1.52. The molecule has 2 aromatic carbocycles. The molecule has 0 radical (unpaired) electrons. The lowest BCUT2D eigenvalue weighted by atomic mass is 10.1. The van der Waals surface area contributed by atoms with Crippen LogP contribution in [0, 0.1) is 10.1 Å². The molecule has 0 unspecified atom stereocenters. The summed E-state index contributed by atoms with van der Waals surface area (Å²) in [6.07, 6.45) is -1.21. The number of hydrogen-bond donors (Lipinski definition) is 1. The number of anilines is 1. The van der Waals surface area contributed by atoms with Crippen molar-refractivity contribution in [2.24, 2.45) is 0 Å². The maximum Gasteiger partial charge on any atom is 0.342 e. The first-order valence-electron chi connectivity index (χ1n) is 7.52. The number of amides is 1. The third-order valence-electron chi connectivity index (χ3n) is 3.45. The molecule has 0 fully saturated rings. The van der Waals surface area contributed by atoms with Gasteiger partial charge >= 0.3 is 5.97 Å². The Bertz CT molecular complexity index is 903. The number of benzene rings is 2. The minimum absolute atomic E-state index is 0.0797. The number of nitrogens with one attached hydrogen (secondary N) is 1. The van der Waals surface area contributed by atoms with Crippen LogP contribution in [0.2, 0.25) is 10.0 Å². The van der Waals surface area contributed by atoms with Gasteiger partial charge in [0, 0.05) is 17.2 Å². The van der Waals surface area contributed by atoms with Crippen molar-refractivity contribution in [1.82, 2.24) is 0 Å². The fourth-order valence-corrected chi connectivity index (χ4v) is 2.41. The summed E-state index contributed by atoms with van der Waals surface area (Å²) in [6, 6.07) is 7.97. The third-order valence-corrected chi connectivity index (χ3v) is 4.02. The summed E-state index contributed by atoms with van der Waals surface area (Å²) in [7, 11) is 1.30. The van der Waals surface area contributed by atoms with Crippen LogP contribution in [0.3, 0.4) is 0 Å². The molecule has 27 heavy (non-hydrogen) atoms. The number of esters is 1. The Kier molecular flexibility index (Phi) is 6.59. The second-order valence-electron chi connectivity index (χ2n) is 5.30. The predicted octanol–water partition coefficient (Wildman–Crippen LogP) is 4.09. The first-order valence-corrected chi connectivity index (χ1v) is 8.28. The summed E-state index contributed by atoms with van der Waals surface area (Å²) in [4.78, 5) is 34.8. The van der Waals surface area contributed by atoms with Gasteiger partial charge < -0.3 is 14.8 Å². The number of nitrogens with zero attached hydrogens (tertiary/aromatic N) is 1. The number of carbonyl (C=O) groups is 2. The molecule has 1 N–H and O–H groups in total. The Labute approximate surface area is 164 Å². The fourth-order valence-electron chi connectivity index (χ4n) is 2.07. The Morgan fingerprint density at radius 1 is 1.19 bits per heavy atom. The SMILES string of the molecule is COc1ccc([N+](=O)[O-])cc1C(=O)O[C@H](C)C(=O)Nc1cc(Cl)ccc1Cl. The molecule has 0 spiro atoms. The number of nitro groups is 1. The number of carbonyl (C=O) groups excluding carboxylic acids is 2. The van der Waals surface area contributed by atoms with Crippen LogP contribution in [0.5, 0.6) is 5.75 Å². The van der Waals surface area contributed by atoms with Crippen LogP contribution in [0.25, 0.3) is 0 Å². The van der Waals surface area contributed by atoms with E-state index < -0.39 is 22.9 Å². The monoisotopic (exact) mass is 412 g/mol. The first-order chi connectivity index (χ1) is 12.7. The van der Waals surface area contributed by atoms with E-state index in [0.717, 1.165) is 6.07 Å². The molecule has 10 heteroatoms. The van der Waals surface area contributed by atoms with Crippen molar-refractivity contribution in [3.8, 4) is 5.75 Å². The van der Waals surface area contributed by atoms with Crippen molar-refractivity contribution in [2.45, 2.75) is 13.0 Å². The van der Waals surface area contributed by atoms with Gasteiger partial charge in [0.15, 0.2) is 6.10 Å². The first kappa shape index (κ1) is 20.5. The highest BCUT2D eigenvalue weighted by Crippen LogP contribution is 2.27. The Hall–Kier alpha value is -2.84. The van der Waals surface area contributed by atoms with Crippen LogP contribution >= 0.6 is 23.2 Å². The Morgan fingerprint density at radius 2 is 1.89 bits per heavy atom. The highest BCUT2D eigenvalue weighted by atomic mass is 35.5. The van der Waals surface area contributed by atoms with E-state index in [1.807, 2.05) is 0 Å². The van der Waals surface area contributed by atoms with Crippen LogP contribution < -0.4 is 10.1 Å². The highest BCUT2D eigenvalue weighted by Gasteiger charge is 2.24. The summed E-state index contributed by atoms with van der Waals surface area (Å²) < 4.78 is 10.1. The van der Waals surface area contributed by atoms with Crippen LogP contribution in [0.15, 0.2) is 36.4 Å². The predicted molar refractivity (Wildman–Crippen MR) is 99.6 cm³/mol. The van der Waals surface area contributed by atoms with Crippen LogP contribution in [-0.2, 0) is 9.53 Å². The van der Waals surface area contributed by atoms with Gasteiger partial charge in [-0.15, -0.1) is 0 Å². The van der Waals surface area contributed by atoms with Crippen LogP contribution in [-0.4, -0.2) is 30.0 Å². The van der Waals surface area contributed by atoms with Crippen molar-refractivity contribution in [2.75, 3.05) is 12.4 Å². The van der Waals surface area contributed by atoms with Crippen LogP contribution in [0.4, 0.5) is 11.4 Å². The minimum atomic E-state index is -1.21. The number of nitro benzene ring substituents is 1. The smallest absolute Gasteiger partial charge is 0.342 e. The lowest BCUT2D eigenvalue weighted by Gasteiger charge is -2.15. The molecule has 0 aliphatic rings. The summed E-state index contributed by atoms with van der Waals surface area (Å²) in [6.45, 7) is 1.34. The molecule has 0 heterocycles. The molecule has 0 saturated heterocycles. The van der Waals surface area contributed by atoms with E-state index in [9.17, 15) is 19.7 Å². The van der Waals surface area contributed by atoms with Crippen molar-refractivity contribution in [3.05, 3.63) is 62.1 Å². The van der Waals surface area contributed by atoms with Gasteiger partial charge in [0.05, 0.1) is 22.7 Å². The van der Waals surface area contributed by atoms with E-state index in [0.29, 0.717) is 5.02 Å². The Balaban J connectivity index is 2.15. The van der Waals surface area contributed by atoms with E-state index in [-0.39, 0.29) is 27.7 Å². The van der Waals surface area contributed by atoms with Gasteiger partial charge in [0.25, 0.3) is 11.6 Å². The fraction of sp³-hybridized carbons (Fsp3) is 0.176. The highest BCUT2D eigenvalue weighted by molar-refractivity contribution is 6.35. The Morgan fingerprint density at radius 3 is 2.52 bits per heavy atom. The van der Waals surface area contributed by atoms with Gasteiger partial charge in [-0.3, -0.25) is 14.9 Å². The van der Waals surface area contributed by atoms with E-state index in [4.69, 9.17) is 32.7 Å². The van der Waals surface area contributed by atoms with Gasteiger partial charge in [0.1, 0.15) is 11.3 Å². The number of hydrogen-bond acceptors (Lipinski definition) is 6. The number of halogens is 2. The molecule has 8 nitrogen and oxygen atoms in total. The zero-order valence-electron chi connectivity index (χ0n) is 14.2. The molecule has 1 amide bonds. The zero-order chi connectivity index (χ0) is 20.1. The van der Waals surface area contributed by atoms with E-state index in [2.05, 4.69) is 5.32 Å². The van der Waals surface area contributed by atoms with Crippen molar-refractivity contribution < 1.29 is 24.0 Å². The minimum Gasteiger partial charge on any atom is -0.496 e. The molecule has 0 aromatic heterocycles. The van der Waals surface area contributed by atoms with E-state index in [1.165, 1.54) is 38.3 Å². The number of methoxy groups -OCH3 is 1. The topological polar surface area (TPSA) is 108 Å².